The second-order valence-electron chi connectivity index (χ2n) is 7.63. The molecule has 162 valence electrons. The number of ether oxygens (including phenoxy) is 2. The number of rotatable bonds is 7. The van der Waals surface area contributed by atoms with Gasteiger partial charge in [0, 0.05) is 37.3 Å². The summed E-state index contributed by atoms with van der Waals surface area (Å²) in [6, 6.07) is 3.83. The van der Waals surface area contributed by atoms with Crippen molar-refractivity contribution in [2.45, 2.75) is 18.9 Å². The van der Waals surface area contributed by atoms with Gasteiger partial charge in [0.1, 0.15) is 15.8 Å². The minimum atomic E-state index is -0.345. The third-order valence-electron chi connectivity index (χ3n) is 5.60. The zero-order chi connectivity index (χ0) is 20.9. The second kappa shape index (κ2) is 9.82. The van der Waals surface area contributed by atoms with Gasteiger partial charge < -0.3 is 19.7 Å². The van der Waals surface area contributed by atoms with Gasteiger partial charge in [0.05, 0.1) is 26.3 Å². The van der Waals surface area contributed by atoms with Crippen LogP contribution in [0.1, 0.15) is 34.2 Å². The first-order valence-electron chi connectivity index (χ1n) is 10.4. The van der Waals surface area contributed by atoms with Crippen LogP contribution in [-0.4, -0.2) is 86.2 Å². The molecule has 1 atom stereocenters. The molecule has 4 rings (SSSR count). The van der Waals surface area contributed by atoms with E-state index in [-0.39, 0.29) is 17.9 Å². The average molecular weight is 433 g/mol. The Balaban J connectivity index is 1.55. The molecule has 0 aliphatic carbocycles. The normalized spacial score (nSPS) is 20.0. The van der Waals surface area contributed by atoms with Crippen LogP contribution in [0.5, 0.6) is 0 Å². The molecule has 0 radical (unpaired) electrons. The van der Waals surface area contributed by atoms with E-state index < -0.39 is 0 Å². The molecule has 2 fully saturated rings. The van der Waals surface area contributed by atoms with Gasteiger partial charge >= 0.3 is 0 Å². The Hall–Kier alpha value is -2.07. The molecule has 4 heterocycles. The summed E-state index contributed by atoms with van der Waals surface area (Å²) in [5, 5.41) is 3.81. The van der Waals surface area contributed by atoms with Crippen molar-refractivity contribution < 1.29 is 19.1 Å². The van der Waals surface area contributed by atoms with Crippen molar-refractivity contribution in [2.75, 3.05) is 59.6 Å². The number of likely N-dealkylation sites (tertiary alicyclic amines) is 1. The van der Waals surface area contributed by atoms with Crippen molar-refractivity contribution >= 4 is 33.4 Å². The number of hydrogen-bond acceptors (Lipinski definition) is 7. The summed E-state index contributed by atoms with van der Waals surface area (Å²) in [5.74, 6) is -0.0249. The lowest BCUT2D eigenvalue weighted by molar-refractivity contribution is -0.139. The van der Waals surface area contributed by atoms with Crippen molar-refractivity contribution in [3.8, 4) is 0 Å². The summed E-state index contributed by atoms with van der Waals surface area (Å²) in [6.45, 7) is 4.82. The van der Waals surface area contributed by atoms with Gasteiger partial charge in [-0.25, -0.2) is 4.98 Å². The molecule has 2 amide bonds. The molecule has 2 aromatic heterocycles. The maximum absolute atomic E-state index is 12.9. The van der Waals surface area contributed by atoms with Gasteiger partial charge in [-0.15, -0.1) is 11.3 Å². The number of pyridine rings is 1. The molecule has 1 N–H and O–H groups in total. The van der Waals surface area contributed by atoms with E-state index in [0.29, 0.717) is 44.3 Å². The van der Waals surface area contributed by atoms with Gasteiger partial charge in [-0.05, 0) is 32.0 Å². The molecule has 9 heteroatoms. The van der Waals surface area contributed by atoms with Gasteiger partial charge in [0.2, 0.25) is 5.91 Å². The molecule has 2 aliphatic heterocycles. The zero-order valence-electron chi connectivity index (χ0n) is 17.3. The molecule has 0 unspecified atom stereocenters. The SMILES string of the molecule is COCCNC(=O)c1sc2ncccc2c1[C@H]1CN(C(=O)CN2CCCC2)CCO1. The van der Waals surface area contributed by atoms with E-state index in [4.69, 9.17) is 9.47 Å². The molecule has 2 saturated heterocycles. The first-order chi connectivity index (χ1) is 14.7. The number of aromatic nitrogens is 1. The fraction of sp³-hybridized carbons (Fsp3) is 0.571. The Kier molecular flexibility index (Phi) is 6.93. The standard InChI is InChI=1S/C21H28N4O4S/c1-28-11-7-22-20(27)19-18(15-5-4-6-23-21(15)30-19)16-13-25(10-12-29-16)17(26)14-24-8-2-3-9-24/h4-6,16H,2-3,7-14H2,1H3,(H,22,27)/t16-/m1/s1. The quantitative estimate of drug-likeness (QED) is 0.670. The average Bonchev–Trinajstić information content (AvgIpc) is 3.41. The van der Waals surface area contributed by atoms with E-state index in [1.807, 2.05) is 17.0 Å². The van der Waals surface area contributed by atoms with Crippen LogP contribution in [-0.2, 0) is 14.3 Å². The smallest absolute Gasteiger partial charge is 0.261 e. The monoisotopic (exact) mass is 432 g/mol. The van der Waals surface area contributed by atoms with E-state index in [9.17, 15) is 9.59 Å². The Labute approximate surface area is 180 Å². The minimum absolute atomic E-state index is 0.133. The lowest BCUT2D eigenvalue weighted by atomic mass is 10.0. The fourth-order valence-corrected chi connectivity index (χ4v) is 5.18. The van der Waals surface area contributed by atoms with Gasteiger partial charge in [0.25, 0.3) is 5.91 Å². The lowest BCUT2D eigenvalue weighted by Crippen LogP contribution is -2.46. The van der Waals surface area contributed by atoms with Crippen molar-refractivity contribution in [3.63, 3.8) is 0 Å². The molecule has 2 aromatic rings. The highest BCUT2D eigenvalue weighted by Crippen LogP contribution is 2.37. The van der Waals surface area contributed by atoms with Gasteiger partial charge in [-0.2, -0.15) is 0 Å². The Morgan fingerprint density at radius 3 is 2.97 bits per heavy atom. The largest absolute Gasteiger partial charge is 0.383 e. The molecular weight excluding hydrogens is 404 g/mol. The van der Waals surface area contributed by atoms with Crippen molar-refractivity contribution in [1.29, 1.82) is 0 Å². The molecule has 8 nitrogen and oxygen atoms in total. The van der Waals surface area contributed by atoms with Crippen LogP contribution >= 0.6 is 11.3 Å². The van der Waals surface area contributed by atoms with E-state index in [1.165, 1.54) is 11.3 Å². The van der Waals surface area contributed by atoms with Gasteiger partial charge in [0.15, 0.2) is 0 Å². The molecule has 0 saturated carbocycles. The summed E-state index contributed by atoms with van der Waals surface area (Å²) in [5.41, 5.74) is 0.830. The molecule has 0 aromatic carbocycles. The van der Waals surface area contributed by atoms with Gasteiger partial charge in [-0.1, -0.05) is 6.07 Å². The minimum Gasteiger partial charge on any atom is -0.383 e. The number of nitrogens with zero attached hydrogens (tertiary/aromatic N) is 3. The number of morpholine rings is 1. The molecule has 0 bridgehead atoms. The lowest BCUT2D eigenvalue weighted by Gasteiger charge is -2.34. The number of carbonyl (C=O) groups excluding carboxylic acids is 2. The van der Waals surface area contributed by atoms with E-state index in [2.05, 4.69) is 15.2 Å². The van der Waals surface area contributed by atoms with E-state index >= 15 is 0 Å². The third kappa shape index (κ3) is 4.64. The Bertz CT molecular complexity index is 896. The number of hydrogen-bond donors (Lipinski definition) is 1. The topological polar surface area (TPSA) is 84.0 Å². The van der Waals surface area contributed by atoms with E-state index in [0.717, 1.165) is 41.7 Å². The molecule has 0 spiro atoms. The van der Waals surface area contributed by atoms with Crippen molar-refractivity contribution in [3.05, 3.63) is 28.8 Å². The van der Waals surface area contributed by atoms with Crippen LogP contribution in [0.15, 0.2) is 18.3 Å². The zero-order valence-corrected chi connectivity index (χ0v) is 18.1. The van der Waals surface area contributed by atoms with Gasteiger partial charge in [-0.3, -0.25) is 14.5 Å². The molecular formula is C21H28N4O4S. The summed E-state index contributed by atoms with van der Waals surface area (Å²) in [7, 11) is 1.60. The number of methoxy groups -OCH3 is 1. The third-order valence-corrected chi connectivity index (χ3v) is 6.73. The van der Waals surface area contributed by atoms with Crippen LogP contribution in [0, 0.1) is 0 Å². The summed E-state index contributed by atoms with van der Waals surface area (Å²) < 4.78 is 11.1. The number of nitrogens with one attached hydrogen (secondary N) is 1. The highest BCUT2D eigenvalue weighted by atomic mass is 32.1. The predicted octanol–water partition coefficient (Wildman–Crippen LogP) is 1.67. The number of fused-ring (bicyclic) bond motifs is 1. The van der Waals surface area contributed by atoms with Crippen LogP contribution in [0.2, 0.25) is 0 Å². The van der Waals surface area contributed by atoms with E-state index in [1.54, 1.807) is 13.3 Å². The fourth-order valence-electron chi connectivity index (χ4n) is 4.07. The summed E-state index contributed by atoms with van der Waals surface area (Å²) >= 11 is 1.36. The van der Waals surface area contributed by atoms with Crippen molar-refractivity contribution in [2.24, 2.45) is 0 Å². The second-order valence-corrected chi connectivity index (χ2v) is 8.63. The first-order valence-corrected chi connectivity index (χ1v) is 11.3. The first kappa shape index (κ1) is 21.2. The maximum atomic E-state index is 12.9. The van der Waals surface area contributed by atoms with Crippen LogP contribution in [0.25, 0.3) is 10.2 Å². The summed E-state index contributed by atoms with van der Waals surface area (Å²) in [6.07, 6.45) is 3.70. The van der Waals surface area contributed by atoms with Crippen LogP contribution in [0.4, 0.5) is 0 Å². The Morgan fingerprint density at radius 1 is 1.33 bits per heavy atom. The maximum Gasteiger partial charge on any atom is 0.261 e. The van der Waals surface area contributed by atoms with Crippen LogP contribution in [0.3, 0.4) is 0 Å². The van der Waals surface area contributed by atoms with Crippen LogP contribution < -0.4 is 5.32 Å². The Morgan fingerprint density at radius 2 is 2.17 bits per heavy atom. The highest BCUT2D eigenvalue weighted by molar-refractivity contribution is 7.20. The number of carbonyl (C=O) groups is 2. The number of amides is 2. The number of thiophene rings is 1. The highest BCUT2D eigenvalue weighted by Gasteiger charge is 2.32. The molecule has 30 heavy (non-hydrogen) atoms. The molecule has 2 aliphatic rings. The van der Waals surface area contributed by atoms with Crippen molar-refractivity contribution in [1.82, 2.24) is 20.1 Å². The summed E-state index contributed by atoms with van der Waals surface area (Å²) in [4.78, 5) is 35.6. The predicted molar refractivity (Wildman–Crippen MR) is 115 cm³/mol.